The van der Waals surface area contributed by atoms with Crippen molar-refractivity contribution >= 4 is 5.91 Å². The van der Waals surface area contributed by atoms with Crippen molar-refractivity contribution in [2.24, 2.45) is 0 Å². The predicted molar refractivity (Wildman–Crippen MR) is 73.8 cm³/mol. The second-order valence-electron chi connectivity index (χ2n) is 4.99. The molecule has 1 amide bonds. The Morgan fingerprint density at radius 1 is 1.37 bits per heavy atom. The van der Waals surface area contributed by atoms with Gasteiger partial charge in [0.05, 0.1) is 11.6 Å². The summed E-state index contributed by atoms with van der Waals surface area (Å²) >= 11 is 0. The molecule has 1 atom stereocenters. The molecule has 0 spiro atoms. The molecule has 4 heteroatoms. The molecular weight excluding hydrogens is 238 g/mol. The van der Waals surface area contributed by atoms with E-state index >= 15 is 0 Å². The molecule has 4 nitrogen and oxygen atoms in total. The minimum atomic E-state index is -0.0736. The molecule has 19 heavy (non-hydrogen) atoms. The zero-order valence-corrected chi connectivity index (χ0v) is 11.2. The average molecular weight is 257 g/mol. The first kappa shape index (κ1) is 13.6. The van der Waals surface area contributed by atoms with Crippen LogP contribution in [0.2, 0.25) is 0 Å². The van der Waals surface area contributed by atoms with Gasteiger partial charge in [0.25, 0.3) is 5.91 Å². The van der Waals surface area contributed by atoms with Crippen LogP contribution in [0, 0.1) is 11.3 Å². The van der Waals surface area contributed by atoms with Crippen molar-refractivity contribution in [1.29, 1.82) is 5.26 Å². The number of hydrogen-bond acceptors (Lipinski definition) is 3. The van der Waals surface area contributed by atoms with Crippen molar-refractivity contribution in [3.8, 4) is 6.07 Å². The van der Waals surface area contributed by atoms with Gasteiger partial charge in [0, 0.05) is 18.2 Å². The van der Waals surface area contributed by atoms with Gasteiger partial charge in [-0.15, -0.1) is 0 Å². The Bertz CT molecular complexity index is 469. The molecule has 0 radical (unpaired) electrons. The van der Waals surface area contributed by atoms with E-state index in [1.54, 1.807) is 24.3 Å². The molecule has 1 fully saturated rings. The Morgan fingerprint density at radius 3 is 2.58 bits per heavy atom. The highest BCUT2D eigenvalue weighted by atomic mass is 16.1. The molecule has 100 valence electrons. The van der Waals surface area contributed by atoms with Gasteiger partial charge in [-0.25, -0.2) is 0 Å². The molecule has 0 saturated carbocycles. The highest BCUT2D eigenvalue weighted by Crippen LogP contribution is 2.11. The van der Waals surface area contributed by atoms with Gasteiger partial charge in [0.15, 0.2) is 0 Å². The highest BCUT2D eigenvalue weighted by Gasteiger charge is 2.18. The second kappa shape index (κ2) is 6.35. The number of rotatable bonds is 4. The maximum atomic E-state index is 12.0. The molecule has 1 saturated heterocycles. The number of carbonyl (C=O) groups is 1. The summed E-state index contributed by atoms with van der Waals surface area (Å²) in [5.74, 6) is -0.0736. The number of hydrogen-bond donors (Lipinski definition) is 1. The van der Waals surface area contributed by atoms with E-state index in [2.05, 4.69) is 17.1 Å². The molecule has 2 rings (SSSR count). The minimum Gasteiger partial charge on any atom is -0.350 e. The Labute approximate surface area is 114 Å². The fraction of sp³-hybridized carbons (Fsp3) is 0.467. The zero-order chi connectivity index (χ0) is 13.7. The number of nitriles is 1. The number of benzene rings is 1. The van der Waals surface area contributed by atoms with Crippen LogP contribution in [0.4, 0.5) is 0 Å². The van der Waals surface area contributed by atoms with Crippen LogP contribution in [0.15, 0.2) is 24.3 Å². The summed E-state index contributed by atoms with van der Waals surface area (Å²) < 4.78 is 0. The van der Waals surface area contributed by atoms with Crippen molar-refractivity contribution in [2.45, 2.75) is 25.8 Å². The summed E-state index contributed by atoms with van der Waals surface area (Å²) in [5.41, 5.74) is 1.18. The largest absolute Gasteiger partial charge is 0.350 e. The van der Waals surface area contributed by atoms with Crippen molar-refractivity contribution in [3.63, 3.8) is 0 Å². The van der Waals surface area contributed by atoms with Crippen molar-refractivity contribution < 1.29 is 4.79 Å². The fourth-order valence-corrected chi connectivity index (χ4v) is 2.35. The van der Waals surface area contributed by atoms with Gasteiger partial charge in [-0.05, 0) is 57.1 Å². The van der Waals surface area contributed by atoms with E-state index in [4.69, 9.17) is 5.26 Å². The maximum Gasteiger partial charge on any atom is 0.251 e. The molecule has 0 unspecified atom stereocenters. The third-order valence-corrected chi connectivity index (χ3v) is 3.60. The lowest BCUT2D eigenvalue weighted by Gasteiger charge is -2.23. The fourth-order valence-electron chi connectivity index (χ4n) is 2.35. The first-order valence-corrected chi connectivity index (χ1v) is 6.73. The van der Waals surface area contributed by atoms with Gasteiger partial charge in [-0.1, -0.05) is 0 Å². The van der Waals surface area contributed by atoms with Crippen LogP contribution in [-0.4, -0.2) is 36.5 Å². The second-order valence-corrected chi connectivity index (χ2v) is 4.99. The molecule has 0 bridgehead atoms. The van der Waals surface area contributed by atoms with Gasteiger partial charge in [0.2, 0.25) is 0 Å². The minimum absolute atomic E-state index is 0.0736. The molecule has 1 aromatic rings. The van der Waals surface area contributed by atoms with Crippen LogP contribution in [0.25, 0.3) is 0 Å². The molecular formula is C15H19N3O. The van der Waals surface area contributed by atoms with Crippen LogP contribution in [0.1, 0.15) is 35.7 Å². The summed E-state index contributed by atoms with van der Waals surface area (Å²) in [6, 6.07) is 9.13. The van der Waals surface area contributed by atoms with Crippen LogP contribution in [-0.2, 0) is 0 Å². The van der Waals surface area contributed by atoms with Crippen LogP contribution in [0.3, 0.4) is 0 Å². The Hall–Kier alpha value is -1.86. The topological polar surface area (TPSA) is 56.1 Å². The third-order valence-electron chi connectivity index (χ3n) is 3.60. The molecule has 0 aromatic heterocycles. The zero-order valence-electron chi connectivity index (χ0n) is 11.2. The predicted octanol–water partition coefficient (Wildman–Crippen LogP) is 1.77. The standard InChI is InChI=1S/C15H19N3O/c1-12(18-8-2-3-9-18)11-17-15(19)14-6-4-13(10-16)5-7-14/h4-7,12H,2-3,8-9,11H2,1H3,(H,17,19)/t12-/m1/s1. The van der Waals surface area contributed by atoms with Crippen LogP contribution < -0.4 is 5.32 Å². The van der Waals surface area contributed by atoms with E-state index in [1.807, 2.05) is 6.07 Å². The first-order valence-electron chi connectivity index (χ1n) is 6.73. The SMILES string of the molecule is C[C@H](CNC(=O)c1ccc(C#N)cc1)N1CCCC1. The summed E-state index contributed by atoms with van der Waals surface area (Å²) in [5, 5.41) is 11.7. The molecule has 0 aliphatic carbocycles. The van der Waals surface area contributed by atoms with E-state index in [0.717, 1.165) is 13.1 Å². The van der Waals surface area contributed by atoms with E-state index in [1.165, 1.54) is 12.8 Å². The molecule has 1 heterocycles. The third kappa shape index (κ3) is 3.55. The molecule has 1 aromatic carbocycles. The van der Waals surface area contributed by atoms with E-state index in [9.17, 15) is 4.79 Å². The Morgan fingerprint density at radius 2 is 2.00 bits per heavy atom. The van der Waals surface area contributed by atoms with E-state index in [-0.39, 0.29) is 5.91 Å². The number of nitrogens with zero attached hydrogens (tertiary/aromatic N) is 2. The quantitative estimate of drug-likeness (QED) is 0.894. The average Bonchev–Trinajstić information content (AvgIpc) is 2.98. The lowest BCUT2D eigenvalue weighted by Crippen LogP contribution is -2.40. The Kier molecular flexibility index (Phi) is 4.53. The van der Waals surface area contributed by atoms with Crippen molar-refractivity contribution in [3.05, 3.63) is 35.4 Å². The first-order chi connectivity index (χ1) is 9.20. The van der Waals surface area contributed by atoms with Crippen LogP contribution >= 0.6 is 0 Å². The summed E-state index contributed by atoms with van der Waals surface area (Å²) in [6.45, 7) is 5.07. The van der Waals surface area contributed by atoms with Crippen molar-refractivity contribution in [2.75, 3.05) is 19.6 Å². The number of likely N-dealkylation sites (tertiary alicyclic amines) is 1. The smallest absolute Gasteiger partial charge is 0.251 e. The maximum absolute atomic E-state index is 12.0. The summed E-state index contributed by atoms with van der Waals surface area (Å²) in [6.07, 6.45) is 2.52. The summed E-state index contributed by atoms with van der Waals surface area (Å²) in [4.78, 5) is 14.4. The molecule has 1 aliphatic rings. The lowest BCUT2D eigenvalue weighted by molar-refractivity contribution is 0.0940. The number of amides is 1. The number of carbonyl (C=O) groups excluding carboxylic acids is 1. The van der Waals surface area contributed by atoms with Gasteiger partial charge in [-0.3, -0.25) is 9.69 Å². The number of nitrogens with one attached hydrogen (secondary N) is 1. The lowest BCUT2D eigenvalue weighted by atomic mass is 10.1. The van der Waals surface area contributed by atoms with Gasteiger partial charge < -0.3 is 5.32 Å². The van der Waals surface area contributed by atoms with E-state index in [0.29, 0.717) is 23.7 Å². The van der Waals surface area contributed by atoms with Gasteiger partial charge in [0.1, 0.15) is 0 Å². The molecule has 1 N–H and O–H groups in total. The van der Waals surface area contributed by atoms with Gasteiger partial charge in [-0.2, -0.15) is 5.26 Å². The molecule has 1 aliphatic heterocycles. The van der Waals surface area contributed by atoms with Gasteiger partial charge >= 0.3 is 0 Å². The summed E-state index contributed by atoms with van der Waals surface area (Å²) in [7, 11) is 0. The van der Waals surface area contributed by atoms with Crippen LogP contribution in [0.5, 0.6) is 0 Å². The van der Waals surface area contributed by atoms with E-state index < -0.39 is 0 Å². The van der Waals surface area contributed by atoms with Crippen molar-refractivity contribution in [1.82, 2.24) is 10.2 Å². The Balaban J connectivity index is 1.84. The highest BCUT2D eigenvalue weighted by molar-refractivity contribution is 5.94. The monoisotopic (exact) mass is 257 g/mol. The normalized spacial score (nSPS) is 16.8.